The van der Waals surface area contributed by atoms with Gasteiger partial charge in [-0.3, -0.25) is 4.79 Å². The maximum Gasteiger partial charge on any atom is 0.243 e. The molecular formula is C17H19FN2O3S. The average molecular weight is 350 g/mol. The van der Waals surface area contributed by atoms with E-state index < -0.39 is 21.7 Å². The van der Waals surface area contributed by atoms with Gasteiger partial charge in [0.2, 0.25) is 15.9 Å². The quantitative estimate of drug-likeness (QED) is 0.902. The van der Waals surface area contributed by atoms with Crippen LogP contribution >= 0.6 is 0 Å². The van der Waals surface area contributed by atoms with Crippen molar-refractivity contribution in [2.24, 2.45) is 0 Å². The first-order chi connectivity index (χ1) is 11.2. The topological polar surface area (TPSA) is 66.5 Å². The van der Waals surface area contributed by atoms with Crippen molar-refractivity contribution in [2.75, 3.05) is 18.9 Å². The monoisotopic (exact) mass is 350 g/mol. The van der Waals surface area contributed by atoms with Crippen LogP contribution in [0.2, 0.25) is 0 Å². The Morgan fingerprint density at radius 3 is 2.33 bits per heavy atom. The van der Waals surface area contributed by atoms with Crippen molar-refractivity contribution in [2.45, 2.75) is 18.7 Å². The molecule has 0 aliphatic rings. The summed E-state index contributed by atoms with van der Waals surface area (Å²) in [6, 6.07) is 10.3. The Hall–Kier alpha value is -2.25. The first kappa shape index (κ1) is 18.1. The fraction of sp³-hybridized carbons (Fsp3) is 0.235. The smallest absolute Gasteiger partial charge is 0.243 e. The number of carbonyl (C=O) groups excluding carboxylic acids is 1. The van der Waals surface area contributed by atoms with Gasteiger partial charge in [0, 0.05) is 12.7 Å². The number of rotatable bonds is 5. The van der Waals surface area contributed by atoms with Crippen LogP contribution in [0.15, 0.2) is 47.4 Å². The summed E-state index contributed by atoms with van der Waals surface area (Å²) in [5.74, 6) is -0.917. The van der Waals surface area contributed by atoms with E-state index in [1.165, 1.54) is 37.4 Å². The Bertz CT molecular complexity index is 849. The minimum Gasteiger partial charge on any atom is -0.325 e. The number of likely N-dealkylation sites (N-methyl/N-ethyl adjacent to an activating group) is 1. The molecule has 0 spiro atoms. The number of amides is 1. The zero-order chi connectivity index (χ0) is 17.9. The van der Waals surface area contributed by atoms with Gasteiger partial charge >= 0.3 is 0 Å². The molecule has 0 radical (unpaired) electrons. The van der Waals surface area contributed by atoms with Crippen LogP contribution in [0.3, 0.4) is 0 Å². The number of halogens is 1. The van der Waals surface area contributed by atoms with Gasteiger partial charge in [0.05, 0.1) is 11.4 Å². The molecule has 2 aromatic rings. The molecular weight excluding hydrogens is 331 g/mol. The van der Waals surface area contributed by atoms with Gasteiger partial charge in [0.15, 0.2) is 0 Å². The number of sulfonamides is 1. The number of aryl methyl sites for hydroxylation is 2. The number of nitrogens with zero attached hydrogens (tertiary/aromatic N) is 1. The van der Waals surface area contributed by atoms with Crippen molar-refractivity contribution in [1.82, 2.24) is 4.31 Å². The molecule has 0 aliphatic heterocycles. The van der Waals surface area contributed by atoms with Crippen LogP contribution in [0, 0.1) is 19.7 Å². The maximum absolute atomic E-state index is 12.8. The zero-order valence-electron chi connectivity index (χ0n) is 13.7. The number of carbonyl (C=O) groups is 1. The molecule has 0 unspecified atom stereocenters. The lowest BCUT2D eigenvalue weighted by atomic mass is 10.2. The predicted octanol–water partition coefficient (Wildman–Crippen LogP) is 2.70. The van der Waals surface area contributed by atoms with Gasteiger partial charge in [0.1, 0.15) is 5.82 Å². The second-order valence-electron chi connectivity index (χ2n) is 5.59. The number of anilines is 1. The summed E-state index contributed by atoms with van der Waals surface area (Å²) in [7, 11) is -2.42. The molecule has 24 heavy (non-hydrogen) atoms. The molecule has 2 aromatic carbocycles. The fourth-order valence-corrected chi connectivity index (χ4v) is 3.61. The third-order valence-corrected chi connectivity index (χ3v) is 5.48. The second kappa shape index (κ2) is 7.11. The Kier molecular flexibility index (Phi) is 5.36. The van der Waals surface area contributed by atoms with Gasteiger partial charge in [-0.1, -0.05) is 17.7 Å². The predicted molar refractivity (Wildman–Crippen MR) is 90.8 cm³/mol. The van der Waals surface area contributed by atoms with Gasteiger partial charge in [-0.25, -0.2) is 12.8 Å². The molecule has 0 bridgehead atoms. The summed E-state index contributed by atoms with van der Waals surface area (Å²) in [5, 5.41) is 2.54. The summed E-state index contributed by atoms with van der Waals surface area (Å²) in [5.41, 5.74) is 1.99. The molecule has 128 valence electrons. The largest absolute Gasteiger partial charge is 0.325 e. The van der Waals surface area contributed by atoms with Gasteiger partial charge in [0.25, 0.3) is 0 Å². The highest BCUT2D eigenvalue weighted by Gasteiger charge is 2.24. The van der Waals surface area contributed by atoms with Crippen LogP contribution in [0.1, 0.15) is 11.1 Å². The van der Waals surface area contributed by atoms with Crippen LogP contribution in [0.4, 0.5) is 10.1 Å². The standard InChI is InChI=1S/C17H19FN2O3S/c1-12-4-9-16(13(2)10-12)24(22,23)20(3)11-17(21)19-15-7-5-14(18)6-8-15/h4-10H,11H2,1-3H3,(H,19,21). The van der Waals surface area contributed by atoms with E-state index in [-0.39, 0.29) is 11.4 Å². The lowest BCUT2D eigenvalue weighted by molar-refractivity contribution is -0.116. The van der Waals surface area contributed by atoms with Gasteiger partial charge in [-0.2, -0.15) is 4.31 Å². The van der Waals surface area contributed by atoms with Crippen molar-refractivity contribution >= 4 is 21.6 Å². The van der Waals surface area contributed by atoms with Crippen molar-refractivity contribution < 1.29 is 17.6 Å². The highest BCUT2D eigenvalue weighted by molar-refractivity contribution is 7.89. The lowest BCUT2D eigenvalue weighted by Gasteiger charge is -2.18. The summed E-state index contributed by atoms with van der Waals surface area (Å²) in [6.07, 6.45) is 0. The maximum atomic E-state index is 12.8. The average Bonchev–Trinajstić information content (AvgIpc) is 2.49. The Morgan fingerprint density at radius 2 is 1.75 bits per heavy atom. The van der Waals surface area contributed by atoms with Crippen LogP contribution < -0.4 is 5.32 Å². The molecule has 7 heteroatoms. The summed E-state index contributed by atoms with van der Waals surface area (Å²) in [4.78, 5) is 12.2. The number of hydrogen-bond donors (Lipinski definition) is 1. The molecule has 0 atom stereocenters. The molecule has 0 aliphatic carbocycles. The molecule has 5 nitrogen and oxygen atoms in total. The number of nitrogens with one attached hydrogen (secondary N) is 1. The Labute approximate surface area is 141 Å². The van der Waals surface area contributed by atoms with Crippen LogP contribution in [0.25, 0.3) is 0 Å². The molecule has 0 aromatic heterocycles. The summed E-state index contributed by atoms with van der Waals surface area (Å²) in [6.45, 7) is 3.25. The molecule has 1 amide bonds. The van der Waals surface area contributed by atoms with Crippen molar-refractivity contribution in [3.05, 3.63) is 59.4 Å². The third kappa shape index (κ3) is 4.18. The van der Waals surface area contributed by atoms with E-state index >= 15 is 0 Å². The van der Waals surface area contributed by atoms with E-state index in [0.29, 0.717) is 11.3 Å². The molecule has 0 saturated carbocycles. The molecule has 0 fully saturated rings. The van der Waals surface area contributed by atoms with E-state index in [9.17, 15) is 17.6 Å². The first-order valence-corrected chi connectivity index (χ1v) is 8.73. The summed E-state index contributed by atoms with van der Waals surface area (Å²) >= 11 is 0. The van der Waals surface area contributed by atoms with Crippen LogP contribution in [0.5, 0.6) is 0 Å². The molecule has 2 rings (SSSR count). The van der Waals surface area contributed by atoms with Crippen molar-refractivity contribution in [3.8, 4) is 0 Å². The minimum absolute atomic E-state index is 0.171. The zero-order valence-corrected chi connectivity index (χ0v) is 14.5. The molecule has 0 saturated heterocycles. The normalized spacial score (nSPS) is 11.5. The van der Waals surface area contributed by atoms with Crippen molar-refractivity contribution in [3.63, 3.8) is 0 Å². The van der Waals surface area contributed by atoms with E-state index in [1.54, 1.807) is 19.1 Å². The van der Waals surface area contributed by atoms with Gasteiger partial charge < -0.3 is 5.32 Å². The third-order valence-electron chi connectivity index (χ3n) is 3.51. The Balaban J connectivity index is 2.11. The van der Waals surface area contributed by atoms with E-state index in [1.807, 2.05) is 6.92 Å². The highest BCUT2D eigenvalue weighted by atomic mass is 32.2. The van der Waals surface area contributed by atoms with Gasteiger partial charge in [-0.15, -0.1) is 0 Å². The molecule has 0 heterocycles. The molecule has 1 N–H and O–H groups in total. The fourth-order valence-electron chi connectivity index (χ4n) is 2.28. The SMILES string of the molecule is Cc1ccc(S(=O)(=O)N(C)CC(=O)Nc2ccc(F)cc2)c(C)c1. The first-order valence-electron chi connectivity index (χ1n) is 7.29. The number of hydrogen-bond acceptors (Lipinski definition) is 3. The van der Waals surface area contributed by atoms with Gasteiger partial charge in [-0.05, 0) is 49.7 Å². The van der Waals surface area contributed by atoms with E-state index in [0.717, 1.165) is 9.87 Å². The Morgan fingerprint density at radius 1 is 1.12 bits per heavy atom. The lowest BCUT2D eigenvalue weighted by Crippen LogP contribution is -2.35. The van der Waals surface area contributed by atoms with Crippen LogP contribution in [-0.2, 0) is 14.8 Å². The van der Waals surface area contributed by atoms with Crippen molar-refractivity contribution in [1.29, 1.82) is 0 Å². The number of benzene rings is 2. The van der Waals surface area contributed by atoms with Crippen LogP contribution in [-0.4, -0.2) is 32.2 Å². The second-order valence-corrected chi connectivity index (χ2v) is 7.60. The van der Waals surface area contributed by atoms with E-state index in [4.69, 9.17) is 0 Å². The highest BCUT2D eigenvalue weighted by Crippen LogP contribution is 2.20. The summed E-state index contributed by atoms with van der Waals surface area (Å²) < 4.78 is 39.0. The minimum atomic E-state index is -3.77. The van der Waals surface area contributed by atoms with E-state index in [2.05, 4.69) is 5.32 Å².